The quantitative estimate of drug-likeness (QED) is 0.502. The number of nitrogens with one attached hydrogen (secondary N) is 2. The Bertz CT molecular complexity index is 768. The lowest BCUT2D eigenvalue weighted by Gasteiger charge is -2.34. The molecule has 1 aromatic carbocycles. The third-order valence-corrected chi connectivity index (χ3v) is 6.74. The lowest BCUT2D eigenvalue weighted by Crippen LogP contribution is -2.46. The minimum absolute atomic E-state index is 0.0557. The normalized spacial score (nSPS) is 17.9. The second-order valence-electron chi connectivity index (χ2n) is 6.87. The van der Waals surface area contributed by atoms with Crippen molar-refractivity contribution in [1.29, 1.82) is 0 Å². The van der Waals surface area contributed by atoms with Gasteiger partial charge in [0, 0.05) is 25.7 Å². The van der Waals surface area contributed by atoms with E-state index in [1.807, 2.05) is 6.92 Å². The van der Waals surface area contributed by atoms with E-state index in [1.54, 1.807) is 0 Å². The highest BCUT2D eigenvalue weighted by Crippen LogP contribution is 2.27. The van der Waals surface area contributed by atoms with Crippen LogP contribution in [0.1, 0.15) is 45.4 Å². The van der Waals surface area contributed by atoms with Crippen LogP contribution in [0.2, 0.25) is 0 Å². The molecule has 1 atom stereocenters. The minimum Gasteiger partial charge on any atom is -0.348 e. The molecule has 1 saturated heterocycles. The number of sulfonamides is 1. The van der Waals surface area contributed by atoms with E-state index in [-0.39, 0.29) is 17.5 Å². The van der Waals surface area contributed by atoms with E-state index in [9.17, 15) is 22.4 Å². The van der Waals surface area contributed by atoms with Gasteiger partial charge in [0.1, 0.15) is 5.82 Å². The van der Waals surface area contributed by atoms with Crippen LogP contribution in [0.25, 0.3) is 0 Å². The standard InChI is InChI=1S/C19H28FN3O4S/c1-2-3-12-21-18(24)19(25)22-13-11-16-6-4-5-14-23(16)28(26,27)17-9-7-15(20)8-10-17/h7-10,16H,2-6,11-14H2,1H3,(H,21,24)(H,22,25)/t16-/m1/s1. The van der Waals surface area contributed by atoms with E-state index >= 15 is 0 Å². The molecule has 1 heterocycles. The van der Waals surface area contributed by atoms with E-state index in [4.69, 9.17) is 0 Å². The van der Waals surface area contributed by atoms with Gasteiger partial charge >= 0.3 is 11.8 Å². The molecule has 2 N–H and O–H groups in total. The Balaban J connectivity index is 1.93. The van der Waals surface area contributed by atoms with Gasteiger partial charge in [0.25, 0.3) is 0 Å². The summed E-state index contributed by atoms with van der Waals surface area (Å²) < 4.78 is 40.4. The number of carbonyl (C=O) groups is 2. The monoisotopic (exact) mass is 413 g/mol. The minimum atomic E-state index is -3.74. The lowest BCUT2D eigenvalue weighted by molar-refractivity contribution is -0.139. The van der Waals surface area contributed by atoms with E-state index < -0.39 is 27.7 Å². The van der Waals surface area contributed by atoms with Crippen molar-refractivity contribution < 1.29 is 22.4 Å². The summed E-state index contributed by atoms with van der Waals surface area (Å²) in [4.78, 5) is 23.6. The first kappa shape index (κ1) is 22.3. The second-order valence-corrected chi connectivity index (χ2v) is 8.76. The Morgan fingerprint density at radius 3 is 2.39 bits per heavy atom. The van der Waals surface area contributed by atoms with Crippen LogP contribution in [0.3, 0.4) is 0 Å². The van der Waals surface area contributed by atoms with Crippen LogP contribution in [0, 0.1) is 5.82 Å². The third-order valence-electron chi connectivity index (χ3n) is 4.78. The van der Waals surface area contributed by atoms with Crippen LogP contribution in [0.4, 0.5) is 4.39 Å². The van der Waals surface area contributed by atoms with Gasteiger partial charge in [0.05, 0.1) is 4.90 Å². The molecule has 0 radical (unpaired) electrons. The largest absolute Gasteiger partial charge is 0.348 e. The highest BCUT2D eigenvalue weighted by Gasteiger charge is 2.33. The molecule has 156 valence electrons. The van der Waals surface area contributed by atoms with Gasteiger partial charge in [-0.05, 0) is 49.9 Å². The number of piperidine rings is 1. The first-order valence-corrected chi connectivity index (χ1v) is 11.1. The summed E-state index contributed by atoms with van der Waals surface area (Å²) in [6.45, 7) is 3.03. The Labute approximate surface area is 165 Å². The smallest absolute Gasteiger partial charge is 0.309 e. The first-order chi connectivity index (χ1) is 13.4. The number of unbranched alkanes of at least 4 members (excludes halogenated alkanes) is 1. The summed E-state index contributed by atoms with van der Waals surface area (Å²) in [6.07, 6.45) is 4.46. The molecule has 1 aliphatic heterocycles. The molecule has 2 amide bonds. The fraction of sp³-hybridized carbons (Fsp3) is 0.579. The number of rotatable bonds is 8. The average Bonchev–Trinajstić information content (AvgIpc) is 2.68. The highest BCUT2D eigenvalue weighted by atomic mass is 32.2. The molecule has 28 heavy (non-hydrogen) atoms. The maximum Gasteiger partial charge on any atom is 0.309 e. The Hall–Kier alpha value is -2.00. The number of carbonyl (C=O) groups excluding carboxylic acids is 2. The van der Waals surface area contributed by atoms with Crippen molar-refractivity contribution in [2.75, 3.05) is 19.6 Å². The zero-order valence-electron chi connectivity index (χ0n) is 16.1. The van der Waals surface area contributed by atoms with Crippen LogP contribution in [0.5, 0.6) is 0 Å². The second kappa shape index (κ2) is 10.5. The SMILES string of the molecule is CCCCNC(=O)C(=O)NCC[C@H]1CCCCN1S(=O)(=O)c1ccc(F)cc1. The summed E-state index contributed by atoms with van der Waals surface area (Å²) in [6, 6.07) is 4.51. The van der Waals surface area contributed by atoms with Crippen LogP contribution in [-0.4, -0.2) is 50.2 Å². The molecule has 0 spiro atoms. The Morgan fingerprint density at radius 1 is 1.11 bits per heavy atom. The van der Waals surface area contributed by atoms with Crippen molar-refractivity contribution in [1.82, 2.24) is 14.9 Å². The van der Waals surface area contributed by atoms with Gasteiger partial charge in [-0.15, -0.1) is 0 Å². The molecule has 7 nitrogen and oxygen atoms in total. The summed E-state index contributed by atoms with van der Waals surface area (Å²) in [5.41, 5.74) is 0. The third kappa shape index (κ3) is 6.00. The summed E-state index contributed by atoms with van der Waals surface area (Å²) in [5, 5.41) is 5.10. The number of amides is 2. The zero-order chi connectivity index (χ0) is 20.6. The molecule has 9 heteroatoms. The number of halogens is 1. The fourth-order valence-corrected chi connectivity index (χ4v) is 4.94. The molecule has 1 fully saturated rings. The summed E-state index contributed by atoms with van der Waals surface area (Å²) in [7, 11) is -3.74. The van der Waals surface area contributed by atoms with Crippen LogP contribution < -0.4 is 10.6 Å². The van der Waals surface area contributed by atoms with E-state index in [1.165, 1.54) is 16.4 Å². The van der Waals surface area contributed by atoms with Gasteiger partial charge in [-0.25, -0.2) is 12.8 Å². The lowest BCUT2D eigenvalue weighted by atomic mass is 10.0. The van der Waals surface area contributed by atoms with Crippen LogP contribution in [-0.2, 0) is 19.6 Å². The number of benzene rings is 1. The van der Waals surface area contributed by atoms with Gasteiger partial charge in [0.2, 0.25) is 10.0 Å². The Morgan fingerprint density at radius 2 is 1.75 bits per heavy atom. The van der Waals surface area contributed by atoms with E-state index in [2.05, 4.69) is 10.6 Å². The number of hydrogen-bond acceptors (Lipinski definition) is 4. The fourth-order valence-electron chi connectivity index (χ4n) is 3.21. The zero-order valence-corrected chi connectivity index (χ0v) is 16.9. The van der Waals surface area contributed by atoms with Crippen molar-refractivity contribution in [3.05, 3.63) is 30.1 Å². The molecule has 2 rings (SSSR count). The van der Waals surface area contributed by atoms with Crippen molar-refractivity contribution >= 4 is 21.8 Å². The molecular weight excluding hydrogens is 385 g/mol. The number of hydrogen-bond donors (Lipinski definition) is 2. The molecule has 1 aliphatic rings. The molecular formula is C19H28FN3O4S. The topological polar surface area (TPSA) is 95.6 Å². The molecule has 0 unspecified atom stereocenters. The first-order valence-electron chi connectivity index (χ1n) is 9.69. The maximum absolute atomic E-state index is 13.1. The van der Waals surface area contributed by atoms with Crippen molar-refractivity contribution in [3.63, 3.8) is 0 Å². The van der Waals surface area contributed by atoms with Crippen molar-refractivity contribution in [2.45, 2.75) is 56.4 Å². The maximum atomic E-state index is 13.1. The van der Waals surface area contributed by atoms with Gasteiger partial charge in [-0.1, -0.05) is 19.8 Å². The molecule has 0 saturated carbocycles. The molecule has 0 aromatic heterocycles. The predicted molar refractivity (Wildman–Crippen MR) is 103 cm³/mol. The van der Waals surface area contributed by atoms with Gasteiger partial charge < -0.3 is 10.6 Å². The van der Waals surface area contributed by atoms with Crippen molar-refractivity contribution in [3.8, 4) is 0 Å². The van der Waals surface area contributed by atoms with Gasteiger partial charge in [0.15, 0.2) is 0 Å². The molecule has 0 aliphatic carbocycles. The predicted octanol–water partition coefficient (Wildman–Crippen LogP) is 1.79. The van der Waals surface area contributed by atoms with Crippen molar-refractivity contribution in [2.24, 2.45) is 0 Å². The van der Waals surface area contributed by atoms with E-state index in [0.29, 0.717) is 25.9 Å². The van der Waals surface area contributed by atoms with E-state index in [0.717, 1.165) is 37.8 Å². The average molecular weight is 414 g/mol. The highest BCUT2D eigenvalue weighted by molar-refractivity contribution is 7.89. The molecule has 0 bridgehead atoms. The summed E-state index contributed by atoms with van der Waals surface area (Å²) >= 11 is 0. The van der Waals surface area contributed by atoms with Crippen LogP contribution in [0.15, 0.2) is 29.2 Å². The van der Waals surface area contributed by atoms with Gasteiger partial charge in [-0.3, -0.25) is 9.59 Å². The summed E-state index contributed by atoms with van der Waals surface area (Å²) in [5.74, 6) is -1.87. The Kier molecular flexibility index (Phi) is 8.37. The van der Waals surface area contributed by atoms with Crippen LogP contribution >= 0.6 is 0 Å². The molecule has 1 aromatic rings. The number of nitrogens with zero attached hydrogens (tertiary/aromatic N) is 1. The van der Waals surface area contributed by atoms with Gasteiger partial charge in [-0.2, -0.15) is 4.31 Å².